The third-order valence-corrected chi connectivity index (χ3v) is 6.82. The predicted octanol–water partition coefficient (Wildman–Crippen LogP) is 8.71. The molecule has 6 heteroatoms. The van der Waals surface area contributed by atoms with Gasteiger partial charge in [-0.15, -0.1) is 54.1 Å². The van der Waals surface area contributed by atoms with Crippen molar-refractivity contribution in [3.05, 3.63) is 144 Å². The fourth-order valence-corrected chi connectivity index (χ4v) is 4.81. The summed E-state index contributed by atoms with van der Waals surface area (Å²) in [6.07, 6.45) is 3.60. The van der Waals surface area contributed by atoms with Crippen LogP contribution in [0, 0.1) is 41.7 Å². The fourth-order valence-electron chi connectivity index (χ4n) is 4.81. The van der Waals surface area contributed by atoms with Gasteiger partial charge < -0.3 is 14.4 Å². The molecular formula is C37H22IrN4O-2. The summed E-state index contributed by atoms with van der Waals surface area (Å²) in [5.41, 5.74) is 8.52. The largest absolute Gasteiger partial charge is 0.500 e. The van der Waals surface area contributed by atoms with Crippen LogP contribution in [0.5, 0.6) is 0 Å². The van der Waals surface area contributed by atoms with Crippen molar-refractivity contribution in [2.24, 2.45) is 0 Å². The van der Waals surface area contributed by atoms with E-state index in [1.165, 1.54) is 5.56 Å². The quantitative estimate of drug-likeness (QED) is 0.170. The molecule has 3 heterocycles. The van der Waals surface area contributed by atoms with Crippen molar-refractivity contribution >= 4 is 21.9 Å². The Morgan fingerprint density at radius 1 is 0.721 bits per heavy atom. The Bertz CT molecular complexity index is 2110. The summed E-state index contributed by atoms with van der Waals surface area (Å²) >= 11 is 0. The van der Waals surface area contributed by atoms with Crippen molar-refractivity contribution in [3.8, 4) is 45.8 Å². The van der Waals surface area contributed by atoms with Crippen molar-refractivity contribution in [1.82, 2.24) is 9.97 Å². The van der Waals surface area contributed by atoms with E-state index in [9.17, 15) is 10.5 Å². The molecule has 0 fully saturated rings. The van der Waals surface area contributed by atoms with Crippen LogP contribution >= 0.6 is 0 Å². The minimum absolute atomic E-state index is 0. The van der Waals surface area contributed by atoms with Gasteiger partial charge in [0.1, 0.15) is 5.58 Å². The maximum absolute atomic E-state index is 9.70. The maximum Gasteiger partial charge on any atom is 0.130 e. The molecule has 3 aromatic heterocycles. The molecule has 0 amide bonds. The minimum Gasteiger partial charge on any atom is -0.500 e. The van der Waals surface area contributed by atoms with Gasteiger partial charge in [0, 0.05) is 43.4 Å². The van der Waals surface area contributed by atoms with Crippen molar-refractivity contribution < 1.29 is 24.5 Å². The summed E-state index contributed by atoms with van der Waals surface area (Å²) < 4.78 is 6.33. The Labute approximate surface area is 263 Å². The number of aryl methyl sites for hydroxylation is 1. The van der Waals surface area contributed by atoms with Crippen molar-refractivity contribution in [1.29, 1.82) is 10.5 Å². The number of fused-ring (bicyclic) bond motifs is 3. The molecule has 4 aromatic carbocycles. The summed E-state index contributed by atoms with van der Waals surface area (Å²) in [6.45, 7) is 2.03. The SMILES string of the molecule is Cc1ccc(-c2[c-]cccc2)nc1.N#Cc1cccc(-c2c(C#N)ccc3c2oc2c(-c4ccccn4)[c-]ccc23)c1.[Ir]. The van der Waals surface area contributed by atoms with Gasteiger partial charge in [-0.3, -0.25) is 0 Å². The smallest absolute Gasteiger partial charge is 0.130 e. The monoisotopic (exact) mass is 731 g/mol. The average Bonchev–Trinajstić information content (AvgIpc) is 3.44. The van der Waals surface area contributed by atoms with Gasteiger partial charge in [-0.05, 0) is 53.7 Å². The first kappa shape index (κ1) is 29.1. The molecular weight excluding hydrogens is 709 g/mol. The molecule has 0 bridgehead atoms. The summed E-state index contributed by atoms with van der Waals surface area (Å²) in [4.78, 5) is 8.74. The van der Waals surface area contributed by atoms with Crippen LogP contribution in [0.4, 0.5) is 0 Å². The number of benzene rings is 4. The second-order valence-electron chi connectivity index (χ2n) is 9.58. The Morgan fingerprint density at radius 2 is 1.58 bits per heavy atom. The van der Waals surface area contributed by atoms with Crippen LogP contribution in [-0.4, -0.2) is 9.97 Å². The van der Waals surface area contributed by atoms with E-state index in [0.29, 0.717) is 27.9 Å². The molecule has 0 N–H and O–H groups in total. The zero-order valence-electron chi connectivity index (χ0n) is 23.0. The molecule has 7 aromatic rings. The topological polar surface area (TPSA) is 86.5 Å². The van der Waals surface area contributed by atoms with E-state index < -0.39 is 0 Å². The third kappa shape index (κ3) is 5.98. The normalized spacial score (nSPS) is 10.2. The number of pyridine rings is 2. The molecule has 0 saturated heterocycles. The first-order chi connectivity index (χ1) is 20.7. The van der Waals surface area contributed by atoms with Crippen LogP contribution in [0.3, 0.4) is 0 Å². The van der Waals surface area contributed by atoms with Gasteiger partial charge in [-0.25, -0.2) is 0 Å². The summed E-state index contributed by atoms with van der Waals surface area (Å²) in [6, 6.07) is 43.1. The van der Waals surface area contributed by atoms with Crippen LogP contribution in [0.15, 0.2) is 120 Å². The van der Waals surface area contributed by atoms with Crippen LogP contribution in [-0.2, 0) is 20.1 Å². The molecule has 0 unspecified atom stereocenters. The standard InChI is InChI=1S/C25H12N3O.C12H10N.Ir/c26-14-16-5-3-6-17(13-16)23-18(15-27)10-11-20-19-7-4-8-21(24(19)29-25(20)23)22-9-1-2-12-28-22;1-10-7-8-12(13-9-10)11-5-3-2-4-6-11;/h1-7,9-13H;2-5,7-9H,1H3;/q2*-1;. The molecule has 0 aliphatic heterocycles. The molecule has 0 aliphatic rings. The number of aromatic nitrogens is 2. The third-order valence-electron chi connectivity index (χ3n) is 6.82. The first-order valence-electron chi connectivity index (χ1n) is 13.3. The Kier molecular flexibility index (Phi) is 8.85. The van der Waals surface area contributed by atoms with Gasteiger partial charge >= 0.3 is 0 Å². The number of rotatable bonds is 3. The summed E-state index contributed by atoms with van der Waals surface area (Å²) in [5, 5.41) is 20.8. The Hall–Kier alpha value is -5.39. The van der Waals surface area contributed by atoms with Crippen LogP contribution in [0.25, 0.3) is 55.6 Å². The number of furan rings is 1. The van der Waals surface area contributed by atoms with E-state index in [1.807, 2.05) is 92.0 Å². The van der Waals surface area contributed by atoms with Crippen molar-refractivity contribution in [3.63, 3.8) is 0 Å². The molecule has 0 spiro atoms. The average molecular weight is 731 g/mol. The van der Waals surface area contributed by atoms with E-state index in [-0.39, 0.29) is 20.1 Å². The van der Waals surface area contributed by atoms with E-state index in [2.05, 4.69) is 40.3 Å². The molecule has 43 heavy (non-hydrogen) atoms. The van der Waals surface area contributed by atoms with Crippen LogP contribution < -0.4 is 0 Å². The van der Waals surface area contributed by atoms with Gasteiger partial charge in [-0.1, -0.05) is 53.4 Å². The van der Waals surface area contributed by atoms with E-state index in [1.54, 1.807) is 24.4 Å². The number of nitriles is 2. The second-order valence-corrected chi connectivity index (χ2v) is 9.58. The summed E-state index contributed by atoms with van der Waals surface area (Å²) in [7, 11) is 0. The molecule has 1 radical (unpaired) electrons. The predicted molar refractivity (Wildman–Crippen MR) is 164 cm³/mol. The maximum atomic E-state index is 9.70. The molecule has 0 saturated carbocycles. The number of hydrogen-bond donors (Lipinski definition) is 0. The van der Waals surface area contributed by atoms with Crippen LogP contribution in [0.1, 0.15) is 16.7 Å². The first-order valence-corrected chi connectivity index (χ1v) is 13.3. The van der Waals surface area contributed by atoms with Crippen molar-refractivity contribution in [2.75, 3.05) is 0 Å². The fraction of sp³-hybridized carbons (Fsp3) is 0.0270. The minimum atomic E-state index is 0. The molecule has 5 nitrogen and oxygen atoms in total. The molecule has 0 aliphatic carbocycles. The second kappa shape index (κ2) is 13.1. The number of hydrogen-bond acceptors (Lipinski definition) is 5. The molecule has 207 valence electrons. The van der Waals surface area contributed by atoms with Gasteiger partial charge in [0.2, 0.25) is 0 Å². The van der Waals surface area contributed by atoms with E-state index in [0.717, 1.165) is 38.9 Å². The van der Waals surface area contributed by atoms with Crippen molar-refractivity contribution in [2.45, 2.75) is 6.92 Å². The van der Waals surface area contributed by atoms with Gasteiger partial charge in [-0.2, -0.15) is 10.5 Å². The zero-order valence-corrected chi connectivity index (χ0v) is 25.4. The van der Waals surface area contributed by atoms with E-state index in [4.69, 9.17) is 4.42 Å². The molecule has 7 rings (SSSR count). The Morgan fingerprint density at radius 3 is 2.30 bits per heavy atom. The van der Waals surface area contributed by atoms with E-state index >= 15 is 0 Å². The number of nitrogens with zero attached hydrogens (tertiary/aromatic N) is 4. The summed E-state index contributed by atoms with van der Waals surface area (Å²) in [5.74, 6) is 0. The van der Waals surface area contributed by atoms with Crippen LogP contribution in [0.2, 0.25) is 0 Å². The van der Waals surface area contributed by atoms with Gasteiger partial charge in [0.25, 0.3) is 0 Å². The zero-order chi connectivity index (χ0) is 28.9. The van der Waals surface area contributed by atoms with Gasteiger partial charge in [0.05, 0.1) is 28.8 Å². The Balaban J connectivity index is 0.000000221. The van der Waals surface area contributed by atoms with Gasteiger partial charge in [0.15, 0.2) is 0 Å². The molecule has 0 atom stereocenters.